The number of likely N-dealkylation sites (N-methyl/N-ethyl adjacent to an activating group) is 1. The number of amides is 3. The lowest BCUT2D eigenvalue weighted by Gasteiger charge is -2.21. The third kappa shape index (κ3) is 5.90. The summed E-state index contributed by atoms with van der Waals surface area (Å²) in [6.07, 6.45) is 2.11. The Morgan fingerprint density at radius 3 is 2.70 bits per heavy atom. The topological polar surface area (TPSA) is 70.7 Å². The Bertz CT molecular complexity index is 501. The molecule has 0 aliphatic carbocycles. The highest BCUT2D eigenvalue weighted by molar-refractivity contribution is 5.83. The van der Waals surface area contributed by atoms with Gasteiger partial charge in [-0.2, -0.15) is 0 Å². The molecule has 0 aromatic heterocycles. The van der Waals surface area contributed by atoms with E-state index in [0.29, 0.717) is 19.6 Å². The first-order valence-electron chi connectivity index (χ1n) is 8.14. The van der Waals surface area contributed by atoms with E-state index in [4.69, 9.17) is 4.74 Å². The van der Waals surface area contributed by atoms with E-state index in [1.807, 2.05) is 37.3 Å². The molecule has 0 bridgehead atoms. The molecule has 0 spiro atoms. The minimum absolute atomic E-state index is 0.00195. The van der Waals surface area contributed by atoms with Crippen LogP contribution in [-0.2, 0) is 16.1 Å². The summed E-state index contributed by atoms with van der Waals surface area (Å²) >= 11 is 0. The highest BCUT2D eigenvalue weighted by Crippen LogP contribution is 2.10. The number of carbonyl (C=O) groups is 2. The average Bonchev–Trinajstić information content (AvgIpc) is 3.10. The Kier molecular flexibility index (Phi) is 6.87. The lowest BCUT2D eigenvalue weighted by molar-refractivity contribution is -0.130. The van der Waals surface area contributed by atoms with Gasteiger partial charge in [-0.3, -0.25) is 4.79 Å². The predicted octanol–water partition coefficient (Wildman–Crippen LogP) is 1.51. The summed E-state index contributed by atoms with van der Waals surface area (Å²) in [6.45, 7) is 4.33. The van der Waals surface area contributed by atoms with E-state index in [-0.39, 0.29) is 24.6 Å². The molecule has 1 fully saturated rings. The maximum absolute atomic E-state index is 12.2. The van der Waals surface area contributed by atoms with Gasteiger partial charge in [0, 0.05) is 26.2 Å². The Morgan fingerprint density at radius 1 is 1.26 bits per heavy atom. The molecule has 0 radical (unpaired) electrons. The molecule has 2 N–H and O–H groups in total. The van der Waals surface area contributed by atoms with Gasteiger partial charge in [0.1, 0.15) is 0 Å². The summed E-state index contributed by atoms with van der Waals surface area (Å²) < 4.78 is 5.43. The van der Waals surface area contributed by atoms with Gasteiger partial charge in [0.05, 0.1) is 12.6 Å². The van der Waals surface area contributed by atoms with Gasteiger partial charge in [-0.1, -0.05) is 30.3 Å². The molecule has 2 rings (SSSR count). The van der Waals surface area contributed by atoms with Gasteiger partial charge in [-0.25, -0.2) is 4.79 Å². The first-order valence-corrected chi connectivity index (χ1v) is 8.14. The molecule has 1 saturated heterocycles. The van der Waals surface area contributed by atoms with Gasteiger partial charge in [0.15, 0.2) is 0 Å². The molecular formula is C17H25N3O3. The van der Waals surface area contributed by atoms with E-state index >= 15 is 0 Å². The van der Waals surface area contributed by atoms with Crippen LogP contribution in [0.25, 0.3) is 0 Å². The number of nitrogens with zero attached hydrogens (tertiary/aromatic N) is 1. The van der Waals surface area contributed by atoms with Crippen molar-refractivity contribution in [2.45, 2.75) is 32.4 Å². The molecule has 6 nitrogen and oxygen atoms in total. The largest absolute Gasteiger partial charge is 0.376 e. The molecule has 6 heteroatoms. The number of benzene rings is 1. The van der Waals surface area contributed by atoms with Crippen molar-refractivity contribution in [2.75, 3.05) is 26.2 Å². The number of rotatable bonds is 7. The molecule has 23 heavy (non-hydrogen) atoms. The molecule has 1 aromatic carbocycles. The van der Waals surface area contributed by atoms with E-state index < -0.39 is 0 Å². The van der Waals surface area contributed by atoms with Crippen LogP contribution in [0, 0.1) is 0 Å². The Labute approximate surface area is 137 Å². The van der Waals surface area contributed by atoms with Crippen LogP contribution in [0.2, 0.25) is 0 Å². The smallest absolute Gasteiger partial charge is 0.315 e. The molecule has 1 aliphatic rings. The summed E-state index contributed by atoms with van der Waals surface area (Å²) in [5.41, 5.74) is 1.07. The van der Waals surface area contributed by atoms with Gasteiger partial charge in [0.2, 0.25) is 5.91 Å². The second-order valence-electron chi connectivity index (χ2n) is 5.59. The number of nitrogens with one attached hydrogen (secondary N) is 2. The highest BCUT2D eigenvalue weighted by Gasteiger charge is 2.17. The summed E-state index contributed by atoms with van der Waals surface area (Å²) in [4.78, 5) is 25.6. The second-order valence-corrected chi connectivity index (χ2v) is 5.59. The van der Waals surface area contributed by atoms with Crippen LogP contribution >= 0.6 is 0 Å². The standard InChI is InChI=1S/C17H25N3O3/c1-2-20(13-14-7-4-3-5-8-14)16(21)12-19-17(22)18-11-15-9-6-10-23-15/h3-5,7-8,15H,2,6,9-13H2,1H3,(H2,18,19,22)/t15-/m1/s1. The van der Waals surface area contributed by atoms with E-state index in [9.17, 15) is 9.59 Å². The first-order chi connectivity index (χ1) is 11.2. The normalized spacial score (nSPS) is 16.8. The Balaban J connectivity index is 1.70. The van der Waals surface area contributed by atoms with Crippen LogP contribution in [-0.4, -0.2) is 49.2 Å². The van der Waals surface area contributed by atoms with Gasteiger partial charge < -0.3 is 20.3 Å². The number of carbonyl (C=O) groups excluding carboxylic acids is 2. The lowest BCUT2D eigenvalue weighted by atomic mass is 10.2. The van der Waals surface area contributed by atoms with Crippen molar-refractivity contribution < 1.29 is 14.3 Å². The molecule has 0 saturated carbocycles. The molecule has 1 aromatic rings. The molecule has 3 amide bonds. The predicted molar refractivity (Wildman–Crippen MR) is 87.9 cm³/mol. The van der Waals surface area contributed by atoms with Crippen molar-refractivity contribution in [3.63, 3.8) is 0 Å². The zero-order chi connectivity index (χ0) is 16.5. The van der Waals surface area contributed by atoms with Gasteiger partial charge >= 0.3 is 6.03 Å². The number of ether oxygens (including phenoxy) is 1. The number of urea groups is 1. The SMILES string of the molecule is CCN(Cc1ccccc1)C(=O)CNC(=O)NC[C@H]1CCCO1. The van der Waals surface area contributed by atoms with Crippen LogP contribution in [0.1, 0.15) is 25.3 Å². The summed E-state index contributed by atoms with van der Waals surface area (Å²) in [7, 11) is 0. The van der Waals surface area contributed by atoms with Crippen LogP contribution < -0.4 is 10.6 Å². The van der Waals surface area contributed by atoms with Crippen LogP contribution in [0.5, 0.6) is 0 Å². The fraction of sp³-hybridized carbons (Fsp3) is 0.529. The van der Waals surface area contributed by atoms with Crippen molar-refractivity contribution in [1.29, 1.82) is 0 Å². The van der Waals surface area contributed by atoms with Crippen LogP contribution in [0.4, 0.5) is 4.79 Å². The molecule has 1 aliphatic heterocycles. The second kappa shape index (κ2) is 9.15. The van der Waals surface area contributed by atoms with E-state index in [1.165, 1.54) is 0 Å². The third-order valence-corrected chi connectivity index (χ3v) is 3.87. The monoisotopic (exact) mass is 319 g/mol. The lowest BCUT2D eigenvalue weighted by Crippen LogP contribution is -2.45. The maximum Gasteiger partial charge on any atom is 0.315 e. The maximum atomic E-state index is 12.2. The van der Waals surface area contributed by atoms with E-state index in [2.05, 4.69) is 10.6 Å². The Hall–Kier alpha value is -2.08. The van der Waals surface area contributed by atoms with Crippen LogP contribution in [0.15, 0.2) is 30.3 Å². The van der Waals surface area contributed by atoms with Gasteiger partial charge in [0.25, 0.3) is 0 Å². The van der Waals surface area contributed by atoms with Gasteiger partial charge in [-0.05, 0) is 25.3 Å². The average molecular weight is 319 g/mol. The fourth-order valence-electron chi connectivity index (χ4n) is 2.52. The highest BCUT2D eigenvalue weighted by atomic mass is 16.5. The van der Waals surface area contributed by atoms with E-state index in [0.717, 1.165) is 25.0 Å². The van der Waals surface area contributed by atoms with Crippen LogP contribution in [0.3, 0.4) is 0 Å². The molecule has 126 valence electrons. The van der Waals surface area contributed by atoms with Crippen molar-refractivity contribution in [3.05, 3.63) is 35.9 Å². The molecule has 0 unspecified atom stereocenters. The minimum Gasteiger partial charge on any atom is -0.376 e. The summed E-state index contributed by atoms with van der Waals surface area (Å²) in [5, 5.41) is 5.35. The number of hydrogen-bond acceptors (Lipinski definition) is 3. The van der Waals surface area contributed by atoms with Crippen molar-refractivity contribution in [3.8, 4) is 0 Å². The fourth-order valence-corrected chi connectivity index (χ4v) is 2.52. The molecular weight excluding hydrogens is 294 g/mol. The Morgan fingerprint density at radius 2 is 2.04 bits per heavy atom. The quantitative estimate of drug-likeness (QED) is 0.800. The molecule has 1 heterocycles. The van der Waals surface area contributed by atoms with Crippen molar-refractivity contribution in [2.24, 2.45) is 0 Å². The first kappa shape index (κ1) is 17.3. The summed E-state index contributed by atoms with van der Waals surface area (Å²) in [5.74, 6) is -0.0939. The number of hydrogen-bond donors (Lipinski definition) is 2. The van der Waals surface area contributed by atoms with Crippen molar-refractivity contribution in [1.82, 2.24) is 15.5 Å². The third-order valence-electron chi connectivity index (χ3n) is 3.87. The van der Waals surface area contributed by atoms with Gasteiger partial charge in [-0.15, -0.1) is 0 Å². The zero-order valence-corrected chi connectivity index (χ0v) is 13.6. The van der Waals surface area contributed by atoms with Crippen molar-refractivity contribution >= 4 is 11.9 Å². The van der Waals surface area contributed by atoms with E-state index in [1.54, 1.807) is 4.90 Å². The zero-order valence-electron chi connectivity index (χ0n) is 13.6. The minimum atomic E-state index is -0.329. The molecule has 1 atom stereocenters. The summed E-state index contributed by atoms with van der Waals surface area (Å²) in [6, 6.07) is 9.48.